The van der Waals surface area contributed by atoms with Crippen LogP contribution in [0.1, 0.15) is 309 Å². The van der Waals surface area contributed by atoms with Crippen molar-refractivity contribution in [3.05, 3.63) is 0 Å². The molecule has 3 unspecified atom stereocenters. The lowest BCUT2D eigenvalue weighted by Gasteiger charge is -2.23. The van der Waals surface area contributed by atoms with Gasteiger partial charge in [-0.15, -0.1) is 0 Å². The lowest BCUT2D eigenvalue weighted by Crippen LogP contribution is -2.49. The van der Waals surface area contributed by atoms with Gasteiger partial charge in [0.2, 0.25) is 5.91 Å². The zero-order chi connectivity index (χ0) is 42.3. The fourth-order valence-electron chi connectivity index (χ4n) is 8.78. The van der Waals surface area contributed by atoms with E-state index in [-0.39, 0.29) is 6.61 Å². The molecule has 0 saturated heterocycles. The molecule has 3 atom stereocenters. The Balaban J connectivity index is 3.50. The summed E-state index contributed by atoms with van der Waals surface area (Å²) in [7, 11) is 0. The molecule has 0 aliphatic rings. The van der Waals surface area contributed by atoms with E-state index in [1.165, 1.54) is 250 Å². The summed E-state index contributed by atoms with van der Waals surface area (Å²) >= 11 is 0. The summed E-state index contributed by atoms with van der Waals surface area (Å²) in [6.07, 6.45) is 58.5. The quantitative estimate of drug-likeness (QED) is 0.0460. The predicted octanol–water partition coefficient (Wildman–Crippen LogP) is 16.2. The maximum atomic E-state index is 12.6. The number of carbonyl (C=O) groups excluding carboxylic acids is 1. The number of nitrogens with one attached hydrogen (secondary N) is 1. The average Bonchev–Trinajstić information content (AvgIpc) is 3.23. The van der Waals surface area contributed by atoms with Crippen molar-refractivity contribution >= 4 is 5.91 Å². The Morgan fingerprint density at radius 3 is 0.776 bits per heavy atom. The lowest BCUT2D eigenvalue weighted by molar-refractivity contribution is -0.131. The Morgan fingerprint density at radius 2 is 0.552 bits per heavy atom. The molecule has 0 fully saturated rings. The normalized spacial score (nSPS) is 13.3. The molecule has 0 aromatic heterocycles. The van der Waals surface area contributed by atoms with Gasteiger partial charge < -0.3 is 20.6 Å². The van der Waals surface area contributed by atoms with Crippen LogP contribution in [0.4, 0.5) is 0 Å². The van der Waals surface area contributed by atoms with Gasteiger partial charge in [0.15, 0.2) is 0 Å². The Kier molecular flexibility index (Phi) is 48.5. The van der Waals surface area contributed by atoms with Gasteiger partial charge in [-0.2, -0.15) is 0 Å². The Morgan fingerprint density at radius 1 is 0.345 bits per heavy atom. The van der Waals surface area contributed by atoms with E-state index in [4.69, 9.17) is 0 Å². The number of aliphatic hydroxyl groups excluding tert-OH is 3. The minimum absolute atomic E-state index is 0.307. The van der Waals surface area contributed by atoms with Gasteiger partial charge >= 0.3 is 0 Å². The maximum absolute atomic E-state index is 12.6. The van der Waals surface area contributed by atoms with E-state index in [0.29, 0.717) is 12.8 Å². The van der Waals surface area contributed by atoms with Crippen LogP contribution in [0.15, 0.2) is 0 Å². The second-order valence-corrected chi connectivity index (χ2v) is 18.8. The van der Waals surface area contributed by atoms with Gasteiger partial charge in [0.05, 0.1) is 18.8 Å². The highest BCUT2D eigenvalue weighted by Crippen LogP contribution is 2.18. The second kappa shape index (κ2) is 49.0. The van der Waals surface area contributed by atoms with Gasteiger partial charge in [-0.3, -0.25) is 4.79 Å². The van der Waals surface area contributed by atoms with Crippen molar-refractivity contribution in [2.24, 2.45) is 0 Å². The molecular formula is C53H107NO4. The zero-order valence-corrected chi connectivity index (χ0v) is 39.7. The molecule has 0 aromatic rings. The number of hydrogen-bond acceptors (Lipinski definition) is 4. The van der Waals surface area contributed by atoms with Crippen molar-refractivity contribution in [3.8, 4) is 0 Å². The van der Waals surface area contributed by atoms with Gasteiger partial charge in [0, 0.05) is 0 Å². The molecule has 0 aromatic carbocycles. The third kappa shape index (κ3) is 43.4. The lowest BCUT2D eigenvalue weighted by atomic mass is 10.0. The van der Waals surface area contributed by atoms with Crippen LogP contribution in [0.3, 0.4) is 0 Å². The van der Waals surface area contributed by atoms with Crippen LogP contribution in [0, 0.1) is 0 Å². The maximum Gasteiger partial charge on any atom is 0.249 e. The van der Waals surface area contributed by atoms with Crippen molar-refractivity contribution in [3.63, 3.8) is 0 Å². The van der Waals surface area contributed by atoms with Crippen LogP contribution in [-0.2, 0) is 4.79 Å². The van der Waals surface area contributed by atoms with E-state index in [1.54, 1.807) is 0 Å². The molecule has 0 aliphatic heterocycles. The monoisotopic (exact) mass is 822 g/mol. The molecule has 0 aliphatic carbocycles. The molecule has 0 rings (SSSR count). The molecule has 0 saturated carbocycles. The van der Waals surface area contributed by atoms with Gasteiger partial charge in [0.1, 0.15) is 6.10 Å². The highest BCUT2D eigenvalue weighted by atomic mass is 16.3. The fraction of sp³-hybridized carbons (Fsp3) is 0.981. The number of rotatable bonds is 50. The van der Waals surface area contributed by atoms with Crippen LogP contribution in [0.5, 0.6) is 0 Å². The van der Waals surface area contributed by atoms with E-state index in [2.05, 4.69) is 19.2 Å². The molecule has 1 amide bonds. The topological polar surface area (TPSA) is 89.8 Å². The molecule has 58 heavy (non-hydrogen) atoms. The van der Waals surface area contributed by atoms with Crippen LogP contribution in [0.2, 0.25) is 0 Å². The molecule has 4 N–H and O–H groups in total. The van der Waals surface area contributed by atoms with Gasteiger partial charge in [0.25, 0.3) is 0 Å². The SMILES string of the molecule is CCCCCCCCCCCCCCCCCCCCCCCCCCCC(O)C(=O)NC(CO)C(O)CCCCCCCCCCCCCCCCCCCCC. The summed E-state index contributed by atoms with van der Waals surface area (Å²) in [5.41, 5.74) is 0. The summed E-state index contributed by atoms with van der Waals surface area (Å²) in [6, 6.07) is -0.707. The second-order valence-electron chi connectivity index (χ2n) is 18.8. The molecule has 0 radical (unpaired) electrons. The highest BCUT2D eigenvalue weighted by Gasteiger charge is 2.23. The summed E-state index contributed by atoms with van der Waals surface area (Å²) in [5, 5.41) is 33.5. The molecule has 348 valence electrons. The largest absolute Gasteiger partial charge is 0.394 e. The Labute approximate surface area is 364 Å². The van der Waals surface area contributed by atoms with Gasteiger partial charge in [-0.05, 0) is 12.8 Å². The minimum Gasteiger partial charge on any atom is -0.394 e. The number of aliphatic hydroxyl groups is 3. The summed E-state index contributed by atoms with van der Waals surface area (Å²) in [4.78, 5) is 12.6. The smallest absolute Gasteiger partial charge is 0.249 e. The van der Waals surface area contributed by atoms with E-state index in [1.807, 2.05) is 0 Å². The summed E-state index contributed by atoms with van der Waals surface area (Å²) in [6.45, 7) is 4.27. The molecule has 0 spiro atoms. The molecule has 0 bridgehead atoms. The van der Waals surface area contributed by atoms with E-state index < -0.39 is 24.2 Å². The molecular weight excluding hydrogens is 715 g/mol. The van der Waals surface area contributed by atoms with Crippen LogP contribution < -0.4 is 5.32 Å². The number of carbonyl (C=O) groups is 1. The molecule has 5 nitrogen and oxygen atoms in total. The number of hydrogen-bond donors (Lipinski definition) is 4. The van der Waals surface area contributed by atoms with Crippen molar-refractivity contribution in [1.82, 2.24) is 5.32 Å². The van der Waals surface area contributed by atoms with Crippen LogP contribution in [0.25, 0.3) is 0 Å². The molecule has 0 heterocycles. The van der Waals surface area contributed by atoms with Crippen molar-refractivity contribution in [2.75, 3.05) is 6.61 Å². The van der Waals surface area contributed by atoms with Crippen molar-refractivity contribution in [1.29, 1.82) is 0 Å². The van der Waals surface area contributed by atoms with Crippen LogP contribution >= 0.6 is 0 Å². The van der Waals surface area contributed by atoms with E-state index in [0.717, 1.165) is 32.1 Å². The van der Waals surface area contributed by atoms with Crippen molar-refractivity contribution < 1.29 is 20.1 Å². The van der Waals surface area contributed by atoms with Gasteiger partial charge in [-0.1, -0.05) is 296 Å². The van der Waals surface area contributed by atoms with E-state index >= 15 is 0 Å². The third-order valence-electron chi connectivity index (χ3n) is 13.0. The van der Waals surface area contributed by atoms with Crippen LogP contribution in [-0.4, -0.2) is 46.1 Å². The highest BCUT2D eigenvalue weighted by molar-refractivity contribution is 5.80. The Hall–Kier alpha value is -0.650. The molecule has 5 heteroatoms. The summed E-state index contributed by atoms with van der Waals surface area (Å²) in [5.74, 6) is -0.462. The first-order valence-corrected chi connectivity index (χ1v) is 26.8. The third-order valence-corrected chi connectivity index (χ3v) is 13.0. The Bertz CT molecular complexity index is 777. The predicted molar refractivity (Wildman–Crippen MR) is 255 cm³/mol. The number of amides is 1. The number of unbranched alkanes of at least 4 members (excludes halogenated alkanes) is 42. The first-order chi connectivity index (χ1) is 28.6. The van der Waals surface area contributed by atoms with Gasteiger partial charge in [-0.25, -0.2) is 0 Å². The fourth-order valence-corrected chi connectivity index (χ4v) is 8.78. The minimum atomic E-state index is -1.07. The first kappa shape index (κ1) is 57.3. The first-order valence-electron chi connectivity index (χ1n) is 26.8. The van der Waals surface area contributed by atoms with E-state index in [9.17, 15) is 20.1 Å². The summed E-state index contributed by atoms with van der Waals surface area (Å²) < 4.78 is 0. The van der Waals surface area contributed by atoms with Crippen molar-refractivity contribution in [2.45, 2.75) is 327 Å². The average molecular weight is 822 g/mol. The standard InChI is InChI=1S/C53H107NO4/c1-3-5-7-9-11-13-15-17-19-21-23-24-25-26-27-28-30-32-34-36-38-40-42-44-46-48-52(57)53(58)54-50(49-55)51(56)47-45-43-41-39-37-35-33-31-29-22-20-18-16-14-12-10-8-6-4-2/h50-52,55-57H,3-49H2,1-2H3,(H,54,58). The zero-order valence-electron chi connectivity index (χ0n) is 39.7.